The highest BCUT2D eigenvalue weighted by molar-refractivity contribution is 6.30. The van der Waals surface area contributed by atoms with E-state index in [9.17, 15) is 0 Å². The molecule has 0 unspecified atom stereocenters. The van der Waals surface area contributed by atoms with Crippen LogP contribution in [0.4, 0.5) is 0 Å². The van der Waals surface area contributed by atoms with Crippen molar-refractivity contribution in [2.24, 2.45) is 0 Å². The Morgan fingerprint density at radius 1 is 1.33 bits per heavy atom. The van der Waals surface area contributed by atoms with E-state index < -0.39 is 0 Å². The molecule has 0 heterocycles. The van der Waals surface area contributed by atoms with Gasteiger partial charge in [-0.25, -0.2) is 0 Å². The lowest BCUT2D eigenvalue weighted by molar-refractivity contribution is 0.265. The fourth-order valence-electron chi connectivity index (χ4n) is 2.17. The smallest absolute Gasteiger partial charge is 0.165 e. The maximum atomic E-state index is 6.16. The van der Waals surface area contributed by atoms with Gasteiger partial charge in [-0.05, 0) is 39.4 Å². The van der Waals surface area contributed by atoms with Crippen molar-refractivity contribution in [1.82, 2.24) is 10.2 Å². The normalized spacial score (nSPS) is 14.5. The lowest BCUT2D eigenvalue weighted by atomic mass is 10.1. The Balaban J connectivity index is 2.02. The zero-order valence-corrected chi connectivity index (χ0v) is 13.9. The van der Waals surface area contributed by atoms with E-state index in [0.29, 0.717) is 23.4 Å². The van der Waals surface area contributed by atoms with Crippen LogP contribution in [0.15, 0.2) is 12.1 Å². The molecule has 1 saturated carbocycles. The van der Waals surface area contributed by atoms with Gasteiger partial charge in [0.15, 0.2) is 11.5 Å². The van der Waals surface area contributed by atoms with Gasteiger partial charge in [0.05, 0.1) is 13.7 Å². The van der Waals surface area contributed by atoms with Gasteiger partial charge in [-0.2, -0.15) is 0 Å². The van der Waals surface area contributed by atoms with Gasteiger partial charge < -0.3 is 19.7 Å². The summed E-state index contributed by atoms with van der Waals surface area (Å²) < 4.78 is 11.4. The monoisotopic (exact) mass is 312 g/mol. The van der Waals surface area contributed by atoms with Gasteiger partial charge in [-0.15, -0.1) is 0 Å². The van der Waals surface area contributed by atoms with Crippen LogP contribution in [-0.2, 0) is 6.54 Å². The quantitative estimate of drug-likeness (QED) is 0.711. The minimum atomic E-state index is 0.650. The Morgan fingerprint density at radius 3 is 2.71 bits per heavy atom. The molecule has 5 heteroatoms. The predicted molar refractivity (Wildman–Crippen MR) is 86.5 cm³/mol. The average molecular weight is 313 g/mol. The van der Waals surface area contributed by atoms with Crippen LogP contribution in [0, 0.1) is 0 Å². The van der Waals surface area contributed by atoms with Gasteiger partial charge in [0.25, 0.3) is 0 Å². The van der Waals surface area contributed by atoms with E-state index in [4.69, 9.17) is 21.1 Å². The third kappa shape index (κ3) is 5.38. The number of hydrogen-bond donors (Lipinski definition) is 1. The molecule has 0 spiro atoms. The van der Waals surface area contributed by atoms with Crippen LogP contribution in [0.25, 0.3) is 0 Å². The lowest BCUT2D eigenvalue weighted by Gasteiger charge is -2.17. The second-order valence-electron chi connectivity index (χ2n) is 5.76. The largest absolute Gasteiger partial charge is 0.493 e. The highest BCUT2D eigenvalue weighted by Gasteiger charge is 2.21. The van der Waals surface area contributed by atoms with Crippen molar-refractivity contribution < 1.29 is 9.47 Å². The summed E-state index contributed by atoms with van der Waals surface area (Å²) in [5.41, 5.74) is 1.07. The summed E-state index contributed by atoms with van der Waals surface area (Å²) in [5, 5.41) is 4.18. The second-order valence-corrected chi connectivity index (χ2v) is 6.19. The highest BCUT2D eigenvalue weighted by atomic mass is 35.5. The van der Waals surface area contributed by atoms with Gasteiger partial charge in [-0.1, -0.05) is 11.6 Å². The summed E-state index contributed by atoms with van der Waals surface area (Å²) in [5.74, 6) is 1.52. The molecule has 1 aromatic carbocycles. The maximum Gasteiger partial charge on any atom is 0.165 e. The van der Waals surface area contributed by atoms with Crippen LogP contribution in [0.5, 0.6) is 11.5 Å². The highest BCUT2D eigenvalue weighted by Crippen LogP contribution is 2.35. The minimum absolute atomic E-state index is 0.650. The van der Waals surface area contributed by atoms with Crippen LogP contribution in [0.1, 0.15) is 24.8 Å². The summed E-state index contributed by atoms with van der Waals surface area (Å²) in [6, 6.07) is 4.42. The fourth-order valence-corrected chi connectivity index (χ4v) is 2.40. The van der Waals surface area contributed by atoms with Gasteiger partial charge in [0, 0.05) is 35.8 Å². The van der Waals surface area contributed by atoms with Crippen molar-refractivity contribution >= 4 is 11.6 Å². The van der Waals surface area contributed by atoms with Crippen molar-refractivity contribution in [3.63, 3.8) is 0 Å². The van der Waals surface area contributed by atoms with E-state index in [-0.39, 0.29) is 0 Å². The van der Waals surface area contributed by atoms with Gasteiger partial charge >= 0.3 is 0 Å². The maximum absolute atomic E-state index is 6.16. The molecule has 1 N–H and O–H groups in total. The van der Waals surface area contributed by atoms with Gasteiger partial charge in [0.1, 0.15) is 0 Å². The molecule has 1 aromatic rings. The third-order valence-electron chi connectivity index (χ3n) is 3.47. The number of benzene rings is 1. The van der Waals surface area contributed by atoms with Crippen LogP contribution >= 0.6 is 11.6 Å². The number of ether oxygens (including phenoxy) is 2. The molecule has 1 aliphatic carbocycles. The molecule has 0 aliphatic heterocycles. The molecular weight excluding hydrogens is 288 g/mol. The fraction of sp³-hybridized carbons (Fsp3) is 0.625. The average Bonchev–Trinajstić information content (AvgIpc) is 3.26. The molecule has 21 heavy (non-hydrogen) atoms. The van der Waals surface area contributed by atoms with E-state index in [1.165, 1.54) is 12.8 Å². The summed E-state index contributed by atoms with van der Waals surface area (Å²) in [6.45, 7) is 2.45. The zero-order valence-electron chi connectivity index (χ0n) is 13.1. The number of methoxy groups -OCH3 is 1. The molecule has 0 aromatic heterocycles. The van der Waals surface area contributed by atoms with Gasteiger partial charge in [-0.3, -0.25) is 0 Å². The van der Waals surface area contributed by atoms with E-state index >= 15 is 0 Å². The first-order valence-corrected chi connectivity index (χ1v) is 7.85. The SMILES string of the molecule is COc1cc(Cl)cc(CNC2CC2)c1OCCCN(C)C. The number of rotatable bonds is 9. The standard InChI is InChI=1S/C16H25ClN2O2/c1-19(2)7-4-8-21-16-12(11-18-14-5-6-14)9-13(17)10-15(16)20-3/h9-10,14,18H,4-8,11H2,1-3H3. The molecule has 118 valence electrons. The minimum Gasteiger partial charge on any atom is -0.493 e. The van der Waals surface area contributed by atoms with Crippen LogP contribution in [0.2, 0.25) is 5.02 Å². The molecule has 1 fully saturated rings. The molecule has 0 saturated heterocycles. The number of hydrogen-bond acceptors (Lipinski definition) is 4. The first-order valence-electron chi connectivity index (χ1n) is 7.47. The van der Waals surface area contributed by atoms with E-state index in [1.54, 1.807) is 7.11 Å². The molecule has 0 amide bonds. The molecule has 0 radical (unpaired) electrons. The Kier molecular flexibility index (Phi) is 6.15. The summed E-state index contributed by atoms with van der Waals surface area (Å²) in [4.78, 5) is 2.15. The van der Waals surface area contributed by atoms with Crippen LogP contribution in [-0.4, -0.2) is 45.3 Å². The summed E-state index contributed by atoms with van der Waals surface area (Å²) in [6.07, 6.45) is 3.50. The first-order chi connectivity index (χ1) is 10.1. The Bertz CT molecular complexity index is 462. The molecule has 4 nitrogen and oxygen atoms in total. The molecule has 1 aliphatic rings. The van der Waals surface area contributed by atoms with E-state index in [0.717, 1.165) is 30.8 Å². The third-order valence-corrected chi connectivity index (χ3v) is 3.69. The van der Waals surface area contributed by atoms with Crippen LogP contribution in [0.3, 0.4) is 0 Å². The molecular formula is C16H25ClN2O2. The second kappa shape index (κ2) is 7.87. The summed E-state index contributed by atoms with van der Waals surface area (Å²) in [7, 11) is 5.78. The van der Waals surface area contributed by atoms with Crippen LogP contribution < -0.4 is 14.8 Å². The predicted octanol–water partition coefficient (Wildman–Crippen LogP) is 2.93. The number of nitrogens with zero attached hydrogens (tertiary/aromatic N) is 1. The van der Waals surface area contributed by atoms with Crippen molar-refractivity contribution in [2.45, 2.75) is 31.8 Å². The summed E-state index contributed by atoms with van der Waals surface area (Å²) >= 11 is 6.16. The van der Waals surface area contributed by atoms with Crippen molar-refractivity contribution in [3.05, 3.63) is 22.7 Å². The Labute approximate surface area is 132 Å². The lowest BCUT2D eigenvalue weighted by Crippen LogP contribution is -2.18. The first kappa shape index (κ1) is 16.4. The topological polar surface area (TPSA) is 33.7 Å². The Hall–Kier alpha value is -0.970. The zero-order chi connectivity index (χ0) is 15.2. The van der Waals surface area contributed by atoms with Crippen molar-refractivity contribution in [2.75, 3.05) is 34.4 Å². The van der Waals surface area contributed by atoms with Gasteiger partial charge in [0.2, 0.25) is 0 Å². The number of halogens is 1. The molecule has 0 bridgehead atoms. The molecule has 2 rings (SSSR count). The Morgan fingerprint density at radius 2 is 2.10 bits per heavy atom. The van der Waals surface area contributed by atoms with Crippen molar-refractivity contribution in [1.29, 1.82) is 0 Å². The number of nitrogens with one attached hydrogen (secondary N) is 1. The van der Waals surface area contributed by atoms with E-state index in [1.807, 2.05) is 12.1 Å². The van der Waals surface area contributed by atoms with Crippen molar-refractivity contribution in [3.8, 4) is 11.5 Å². The molecule has 0 atom stereocenters. The van der Waals surface area contributed by atoms with E-state index in [2.05, 4.69) is 24.3 Å².